The monoisotopic (exact) mass is 416 g/mol. The molecule has 3 aromatic heterocycles. The maximum absolute atomic E-state index is 13.0. The molecular weight excluding hydrogens is 402 g/mol. The van der Waals surface area contributed by atoms with E-state index in [0.717, 1.165) is 11.1 Å². The van der Waals surface area contributed by atoms with Crippen molar-refractivity contribution in [3.63, 3.8) is 0 Å². The summed E-state index contributed by atoms with van der Waals surface area (Å²) in [5.74, 6) is 0.971. The van der Waals surface area contributed by atoms with Crippen molar-refractivity contribution in [2.75, 3.05) is 0 Å². The van der Waals surface area contributed by atoms with Crippen LogP contribution in [0.3, 0.4) is 0 Å². The topological polar surface area (TPSA) is 78.6 Å². The van der Waals surface area contributed by atoms with E-state index in [1.165, 1.54) is 12.4 Å². The summed E-state index contributed by atoms with van der Waals surface area (Å²) < 4.78 is 32.4. The Morgan fingerprint density at radius 3 is 2.76 bits per heavy atom. The van der Waals surface area contributed by atoms with Crippen LogP contribution in [-0.4, -0.2) is 36.3 Å². The second kappa shape index (κ2) is 7.67. The molecule has 4 rings (SSSR count). The van der Waals surface area contributed by atoms with E-state index in [1.807, 2.05) is 13.0 Å². The highest BCUT2D eigenvalue weighted by Crippen LogP contribution is 2.29. The zero-order valence-electron chi connectivity index (χ0n) is 15.5. The fourth-order valence-electron chi connectivity index (χ4n) is 3.01. The molecule has 0 radical (unpaired) electrons. The Balaban J connectivity index is 1.72. The molecule has 29 heavy (non-hydrogen) atoms. The summed E-state index contributed by atoms with van der Waals surface area (Å²) in [5, 5.41) is 8.83. The summed E-state index contributed by atoms with van der Waals surface area (Å²) in [5.41, 5.74) is 2.37. The molecular formula is C19H15ClF2N6O. The van der Waals surface area contributed by atoms with Crippen LogP contribution < -0.4 is 4.74 Å². The minimum Gasteiger partial charge on any atom is -0.435 e. The first-order valence-electron chi connectivity index (χ1n) is 8.61. The fraction of sp³-hybridized carbons (Fsp3) is 0.211. The van der Waals surface area contributed by atoms with E-state index in [2.05, 4.69) is 25.1 Å². The van der Waals surface area contributed by atoms with Crippen molar-refractivity contribution in [2.45, 2.75) is 20.0 Å². The number of nitrogens with zero attached hydrogens (tertiary/aromatic N) is 6. The van der Waals surface area contributed by atoms with Crippen molar-refractivity contribution < 1.29 is 13.5 Å². The van der Waals surface area contributed by atoms with Gasteiger partial charge in [0, 0.05) is 41.9 Å². The minimum absolute atomic E-state index is 0.0253. The molecule has 0 N–H and O–H groups in total. The molecule has 3 heterocycles. The second-order valence-corrected chi connectivity index (χ2v) is 6.78. The smallest absolute Gasteiger partial charge is 0.387 e. The third kappa shape index (κ3) is 4.00. The lowest BCUT2D eigenvalue weighted by atomic mass is 10.1. The zero-order valence-corrected chi connectivity index (χ0v) is 16.2. The van der Waals surface area contributed by atoms with E-state index < -0.39 is 6.61 Å². The maximum atomic E-state index is 13.0. The van der Waals surface area contributed by atoms with Crippen LogP contribution in [0.4, 0.5) is 8.78 Å². The second-order valence-electron chi connectivity index (χ2n) is 6.42. The predicted octanol–water partition coefficient (Wildman–Crippen LogP) is 3.97. The first kappa shape index (κ1) is 19.1. The summed E-state index contributed by atoms with van der Waals surface area (Å²) in [7, 11) is 1.76. The Hall–Kier alpha value is -3.20. The van der Waals surface area contributed by atoms with Gasteiger partial charge in [-0.05, 0) is 19.1 Å². The number of alkyl halides is 2. The highest BCUT2D eigenvalue weighted by atomic mass is 35.5. The normalized spacial score (nSPS) is 11.4. The van der Waals surface area contributed by atoms with Crippen molar-refractivity contribution in [1.82, 2.24) is 29.7 Å². The third-order valence-corrected chi connectivity index (χ3v) is 4.57. The van der Waals surface area contributed by atoms with Crippen LogP contribution in [-0.2, 0) is 13.5 Å². The van der Waals surface area contributed by atoms with Gasteiger partial charge in [0.05, 0.1) is 0 Å². The number of hydrogen-bond acceptors (Lipinski definition) is 6. The minimum atomic E-state index is -2.97. The molecule has 0 aliphatic carbocycles. The zero-order chi connectivity index (χ0) is 20.5. The summed E-state index contributed by atoms with van der Waals surface area (Å²) in [6, 6.07) is 6.78. The van der Waals surface area contributed by atoms with Crippen molar-refractivity contribution in [2.24, 2.45) is 7.05 Å². The first-order chi connectivity index (χ1) is 13.9. The average molecular weight is 417 g/mol. The maximum Gasteiger partial charge on any atom is 0.387 e. The molecule has 0 fully saturated rings. The highest BCUT2D eigenvalue weighted by molar-refractivity contribution is 6.33. The van der Waals surface area contributed by atoms with E-state index in [9.17, 15) is 8.78 Å². The lowest BCUT2D eigenvalue weighted by Gasteiger charge is -2.12. The van der Waals surface area contributed by atoms with Gasteiger partial charge in [0.15, 0.2) is 11.0 Å². The lowest BCUT2D eigenvalue weighted by Crippen LogP contribution is -2.07. The molecule has 0 spiro atoms. The largest absolute Gasteiger partial charge is 0.435 e. The van der Waals surface area contributed by atoms with Gasteiger partial charge in [-0.15, -0.1) is 10.2 Å². The van der Waals surface area contributed by atoms with Gasteiger partial charge in [-0.25, -0.2) is 15.0 Å². The van der Waals surface area contributed by atoms with Crippen molar-refractivity contribution in [1.29, 1.82) is 0 Å². The number of hydrogen-bond donors (Lipinski definition) is 0. The van der Waals surface area contributed by atoms with Crippen molar-refractivity contribution >= 4 is 22.5 Å². The van der Waals surface area contributed by atoms with Gasteiger partial charge in [0.1, 0.15) is 23.4 Å². The Morgan fingerprint density at radius 2 is 2.03 bits per heavy atom. The number of ether oxygens (including phenoxy) is 1. The van der Waals surface area contributed by atoms with Crippen LogP contribution in [0.5, 0.6) is 5.75 Å². The Bertz CT molecular complexity index is 1200. The molecule has 4 aromatic rings. The number of fused-ring (bicyclic) bond motifs is 1. The number of benzene rings is 1. The van der Waals surface area contributed by atoms with Crippen LogP contribution >= 0.6 is 11.6 Å². The summed E-state index contributed by atoms with van der Waals surface area (Å²) in [4.78, 5) is 13.0. The Morgan fingerprint density at radius 1 is 1.21 bits per heavy atom. The van der Waals surface area contributed by atoms with E-state index in [-0.39, 0.29) is 17.3 Å². The van der Waals surface area contributed by atoms with E-state index >= 15 is 0 Å². The van der Waals surface area contributed by atoms with E-state index in [1.54, 1.807) is 29.9 Å². The molecule has 0 bridgehead atoms. The van der Waals surface area contributed by atoms with Crippen LogP contribution in [0.25, 0.3) is 22.3 Å². The van der Waals surface area contributed by atoms with Crippen LogP contribution in [0.2, 0.25) is 5.15 Å². The fourth-order valence-corrected chi connectivity index (χ4v) is 3.29. The predicted molar refractivity (Wildman–Crippen MR) is 103 cm³/mol. The van der Waals surface area contributed by atoms with Gasteiger partial charge in [0.25, 0.3) is 0 Å². The molecule has 0 saturated carbocycles. The number of pyridine rings is 1. The van der Waals surface area contributed by atoms with Crippen LogP contribution in [0.1, 0.15) is 17.1 Å². The van der Waals surface area contributed by atoms with Crippen molar-refractivity contribution in [3.05, 3.63) is 59.0 Å². The molecule has 0 saturated heterocycles. The molecule has 148 valence electrons. The van der Waals surface area contributed by atoms with E-state index in [4.69, 9.17) is 16.3 Å². The Labute approximate surface area is 169 Å². The van der Waals surface area contributed by atoms with E-state index in [0.29, 0.717) is 28.3 Å². The van der Waals surface area contributed by atoms with Gasteiger partial charge >= 0.3 is 6.61 Å². The number of aryl methyl sites for hydroxylation is 2. The first-order valence-corrected chi connectivity index (χ1v) is 8.99. The molecule has 0 unspecified atom stereocenters. The van der Waals surface area contributed by atoms with Crippen LogP contribution in [0, 0.1) is 6.92 Å². The highest BCUT2D eigenvalue weighted by Gasteiger charge is 2.16. The lowest BCUT2D eigenvalue weighted by molar-refractivity contribution is -0.0503. The Kier molecular flexibility index (Phi) is 5.06. The van der Waals surface area contributed by atoms with Crippen LogP contribution in [0.15, 0.2) is 36.8 Å². The molecule has 7 nitrogen and oxygen atoms in total. The average Bonchev–Trinajstić information content (AvgIpc) is 3.09. The molecule has 0 aliphatic rings. The van der Waals surface area contributed by atoms with Gasteiger partial charge < -0.3 is 9.30 Å². The number of rotatable bonds is 5. The molecule has 0 amide bonds. The molecule has 1 aromatic carbocycles. The summed E-state index contributed by atoms with van der Waals surface area (Å²) in [6.07, 6.45) is 3.35. The molecule has 0 aliphatic heterocycles. The molecule has 10 heteroatoms. The van der Waals surface area contributed by atoms with Gasteiger partial charge in [-0.3, -0.25) is 0 Å². The summed E-state index contributed by atoms with van der Waals surface area (Å²) >= 11 is 6.19. The van der Waals surface area contributed by atoms with Crippen molar-refractivity contribution in [3.8, 4) is 17.1 Å². The van der Waals surface area contributed by atoms with Gasteiger partial charge in [0.2, 0.25) is 0 Å². The number of halogens is 3. The SMILES string of the molecule is Cc1cc2cnc(Cc3ccc(-c4nncn4C)cc3OC(F)F)nc2c(Cl)n1. The van der Waals surface area contributed by atoms with Gasteiger partial charge in [-0.2, -0.15) is 8.78 Å². The standard InChI is InChI=1S/C19H15ClF2N6O/c1-10-5-13-8-23-15(26-16(13)17(20)25-10)7-11-3-4-12(6-14(11)29-19(21)22)18-27-24-9-28(18)2/h3-6,8-9,19H,7H2,1-2H3. The number of aromatic nitrogens is 6. The molecule has 0 atom stereocenters. The quantitative estimate of drug-likeness (QED) is 0.458. The van der Waals surface area contributed by atoms with Gasteiger partial charge in [-0.1, -0.05) is 23.7 Å². The third-order valence-electron chi connectivity index (χ3n) is 4.30. The summed E-state index contributed by atoms with van der Waals surface area (Å²) in [6.45, 7) is -1.14.